The van der Waals surface area contributed by atoms with Gasteiger partial charge in [0, 0.05) is 12.6 Å². The zero-order chi connectivity index (χ0) is 25.6. The van der Waals surface area contributed by atoms with E-state index < -0.39 is 11.2 Å². The molecule has 2 bridgehead atoms. The lowest BCUT2D eigenvalue weighted by atomic mass is 9.75. The summed E-state index contributed by atoms with van der Waals surface area (Å²) < 4.78 is 6.27. The van der Waals surface area contributed by atoms with Crippen LogP contribution in [-0.2, 0) is 11.2 Å². The number of H-pyrrole nitrogens is 1. The number of hydrogen-bond acceptors (Lipinski definition) is 5. The zero-order valence-electron chi connectivity index (χ0n) is 21.9. The number of hydrogen-bond donors (Lipinski definition) is 3. The number of Topliss-reactive ketones (excluding diaryl/α,β-unsaturated/α-hetero) is 1. The number of fused-ring (bicyclic) bond motifs is 2. The molecule has 6 heteroatoms. The van der Waals surface area contributed by atoms with Gasteiger partial charge in [-0.15, -0.1) is 0 Å². The molecular weight excluding hydrogens is 452 g/mol. The van der Waals surface area contributed by atoms with Crippen LogP contribution in [0.5, 0.6) is 0 Å². The van der Waals surface area contributed by atoms with Crippen LogP contribution in [0.4, 0.5) is 0 Å². The van der Waals surface area contributed by atoms with Crippen LogP contribution < -0.4 is 0 Å². The third kappa shape index (κ3) is 4.96. The number of benzene rings is 1. The third-order valence-electron chi connectivity index (χ3n) is 8.80. The summed E-state index contributed by atoms with van der Waals surface area (Å²) in [4.78, 5) is 20.1. The Bertz CT molecular complexity index is 1150. The molecule has 0 spiro atoms. The summed E-state index contributed by atoms with van der Waals surface area (Å²) in [5.41, 5.74) is 5.11. The number of imidazole rings is 1. The Labute approximate surface area is 214 Å². The molecule has 3 N–H and O–H groups in total. The van der Waals surface area contributed by atoms with Crippen molar-refractivity contribution < 1.29 is 19.7 Å². The van der Waals surface area contributed by atoms with Gasteiger partial charge in [0.15, 0.2) is 11.6 Å². The molecule has 0 amide bonds. The van der Waals surface area contributed by atoms with Gasteiger partial charge in [-0.1, -0.05) is 38.1 Å². The van der Waals surface area contributed by atoms with Gasteiger partial charge in [-0.05, 0) is 91.9 Å². The predicted molar refractivity (Wildman–Crippen MR) is 140 cm³/mol. The highest BCUT2D eigenvalue weighted by atomic mass is 16.6. The Morgan fingerprint density at radius 1 is 1.14 bits per heavy atom. The number of ketones is 1. The van der Waals surface area contributed by atoms with Crippen LogP contribution in [0.15, 0.2) is 30.5 Å². The summed E-state index contributed by atoms with van der Waals surface area (Å²) >= 11 is 0. The van der Waals surface area contributed by atoms with Crippen LogP contribution >= 0.6 is 0 Å². The first-order valence-corrected chi connectivity index (χ1v) is 13.4. The van der Waals surface area contributed by atoms with Crippen LogP contribution in [0, 0.1) is 12.3 Å². The van der Waals surface area contributed by atoms with Crippen molar-refractivity contribution in [2.75, 3.05) is 13.2 Å². The average Bonchev–Trinajstić information content (AvgIpc) is 3.43. The van der Waals surface area contributed by atoms with Gasteiger partial charge in [-0.3, -0.25) is 4.79 Å². The first-order chi connectivity index (χ1) is 17.2. The minimum absolute atomic E-state index is 0.00914. The molecule has 36 heavy (non-hydrogen) atoms. The molecule has 194 valence electrons. The van der Waals surface area contributed by atoms with Crippen molar-refractivity contribution in [2.24, 2.45) is 5.41 Å². The van der Waals surface area contributed by atoms with E-state index in [1.165, 1.54) is 22.3 Å². The van der Waals surface area contributed by atoms with Crippen LogP contribution in [0.25, 0.3) is 5.57 Å². The first-order valence-electron chi connectivity index (χ1n) is 13.4. The number of rotatable bonds is 8. The van der Waals surface area contributed by atoms with Crippen LogP contribution in [0.1, 0.15) is 104 Å². The molecule has 1 aromatic carbocycles. The lowest BCUT2D eigenvalue weighted by molar-refractivity contribution is -0.177. The summed E-state index contributed by atoms with van der Waals surface area (Å²) in [5, 5.41) is 20.3. The fraction of sp³-hybridized carbons (Fsp3) is 0.600. The van der Waals surface area contributed by atoms with Crippen LogP contribution in [0.2, 0.25) is 0 Å². The molecule has 0 unspecified atom stereocenters. The molecule has 0 radical (unpaired) electrons. The smallest absolute Gasteiger partial charge is 0.198 e. The van der Waals surface area contributed by atoms with Crippen molar-refractivity contribution in [1.82, 2.24) is 9.97 Å². The minimum Gasteiger partial charge on any atom is -0.393 e. The van der Waals surface area contributed by atoms with E-state index >= 15 is 0 Å². The van der Waals surface area contributed by atoms with Crippen molar-refractivity contribution in [2.45, 2.75) is 95.7 Å². The van der Waals surface area contributed by atoms with Gasteiger partial charge in [-0.25, -0.2) is 4.98 Å². The molecule has 2 saturated heterocycles. The molecule has 2 aromatic rings. The Kier molecular flexibility index (Phi) is 6.73. The number of aliphatic hydroxyl groups excluding tert-OH is 2. The molecule has 3 atom stereocenters. The van der Waals surface area contributed by atoms with Gasteiger partial charge in [0.2, 0.25) is 0 Å². The monoisotopic (exact) mass is 492 g/mol. The SMILES string of the molecule is Cc1c[nH]c(C(=O)CCc2ccc([C@@H]3C[C@]4(CO)CC[C@](CO)(C3)O4)cc2C2=CCC(C)(C)CC2)n1. The van der Waals surface area contributed by atoms with E-state index in [9.17, 15) is 15.0 Å². The van der Waals surface area contributed by atoms with Crippen molar-refractivity contribution in [3.05, 3.63) is 58.7 Å². The number of ether oxygens (including phenoxy) is 1. The van der Waals surface area contributed by atoms with E-state index in [1.807, 2.05) is 6.92 Å². The second-order valence-electron chi connectivity index (χ2n) is 12.2. The maximum atomic E-state index is 12.8. The number of nitrogens with zero attached hydrogens (tertiary/aromatic N) is 1. The second kappa shape index (κ2) is 9.55. The molecule has 0 saturated carbocycles. The number of aromatic nitrogens is 2. The van der Waals surface area contributed by atoms with Crippen LogP contribution in [-0.4, -0.2) is 50.4 Å². The predicted octanol–water partition coefficient (Wildman–Crippen LogP) is 5.28. The van der Waals surface area contributed by atoms with Gasteiger partial charge in [0.05, 0.1) is 30.1 Å². The summed E-state index contributed by atoms with van der Waals surface area (Å²) in [5.74, 6) is 0.694. The number of allylic oxidation sites excluding steroid dienone is 2. The Balaban J connectivity index is 1.44. The van der Waals surface area contributed by atoms with Gasteiger partial charge >= 0.3 is 0 Å². The van der Waals surface area contributed by atoms with Gasteiger partial charge in [-0.2, -0.15) is 0 Å². The standard InChI is InChI=1S/C30H40N2O4/c1-20-17-31-27(32-20)26(35)7-6-21-4-5-23(14-25(21)22-8-10-28(2,3)11-9-22)24-15-29(18-33)12-13-30(16-24,19-34)36-29/h4-5,8,14,17,24,33-34H,6-7,9-13,15-16,18-19H2,1-3H3,(H,31,32)/t24-,29+,30-. The zero-order valence-corrected chi connectivity index (χ0v) is 21.9. The molecule has 2 fully saturated rings. The molecule has 1 aromatic heterocycles. The van der Waals surface area contributed by atoms with E-state index in [1.54, 1.807) is 6.20 Å². The average molecular weight is 493 g/mol. The maximum absolute atomic E-state index is 12.8. The highest BCUT2D eigenvalue weighted by Gasteiger charge is 2.54. The molecule has 2 aliphatic heterocycles. The number of aliphatic hydroxyl groups is 2. The van der Waals surface area contributed by atoms with Gasteiger partial charge < -0.3 is 19.9 Å². The largest absolute Gasteiger partial charge is 0.393 e. The van der Waals surface area contributed by atoms with Crippen molar-refractivity contribution in [1.29, 1.82) is 0 Å². The van der Waals surface area contributed by atoms with Crippen molar-refractivity contribution >= 4 is 11.4 Å². The van der Waals surface area contributed by atoms with Crippen molar-refractivity contribution in [3.8, 4) is 0 Å². The molecular formula is C30H40N2O4. The van der Waals surface area contributed by atoms with E-state index in [-0.39, 0.29) is 24.9 Å². The maximum Gasteiger partial charge on any atom is 0.198 e. The Morgan fingerprint density at radius 2 is 1.86 bits per heavy atom. The molecule has 3 aliphatic rings. The number of aryl methyl sites for hydroxylation is 2. The van der Waals surface area contributed by atoms with Crippen molar-refractivity contribution in [3.63, 3.8) is 0 Å². The van der Waals surface area contributed by atoms with Gasteiger partial charge in [0.25, 0.3) is 0 Å². The third-order valence-corrected chi connectivity index (χ3v) is 8.80. The molecule has 1 aliphatic carbocycles. The summed E-state index contributed by atoms with van der Waals surface area (Å²) in [6.07, 6.45) is 11.6. The number of carbonyl (C=O) groups excluding carboxylic acids is 1. The normalized spacial score (nSPS) is 29.2. The minimum atomic E-state index is -0.549. The molecule has 3 heterocycles. The lowest BCUT2D eigenvalue weighted by Crippen LogP contribution is -2.47. The Morgan fingerprint density at radius 3 is 2.44 bits per heavy atom. The molecule has 5 rings (SSSR count). The summed E-state index contributed by atoms with van der Waals surface area (Å²) in [6, 6.07) is 6.71. The van der Waals surface area contributed by atoms with Gasteiger partial charge in [0.1, 0.15) is 0 Å². The highest BCUT2D eigenvalue weighted by molar-refractivity contribution is 5.92. The summed E-state index contributed by atoms with van der Waals surface area (Å²) in [7, 11) is 0. The first kappa shape index (κ1) is 25.4. The fourth-order valence-corrected chi connectivity index (χ4v) is 6.47. The number of carbonyl (C=O) groups is 1. The highest BCUT2D eigenvalue weighted by Crippen LogP contribution is 2.53. The molecule has 6 nitrogen and oxygen atoms in total. The number of aromatic amines is 1. The van der Waals surface area contributed by atoms with E-state index in [0.29, 0.717) is 24.1 Å². The van der Waals surface area contributed by atoms with Crippen LogP contribution in [0.3, 0.4) is 0 Å². The Hall–Kier alpha value is -2.28. The topological polar surface area (TPSA) is 95.4 Å². The fourth-order valence-electron chi connectivity index (χ4n) is 6.47. The number of nitrogens with one attached hydrogen (secondary N) is 1. The van der Waals surface area contributed by atoms with E-state index in [4.69, 9.17) is 4.74 Å². The summed E-state index contributed by atoms with van der Waals surface area (Å²) in [6.45, 7) is 6.51. The quantitative estimate of drug-likeness (QED) is 0.436. The lowest BCUT2D eigenvalue weighted by Gasteiger charge is -2.43. The van der Waals surface area contributed by atoms with E-state index in [0.717, 1.165) is 50.6 Å². The second-order valence-corrected chi connectivity index (χ2v) is 12.2. The van der Waals surface area contributed by atoms with E-state index in [2.05, 4.69) is 48.1 Å².